The average Bonchev–Trinajstić information content (AvgIpc) is 2.79. The number of ether oxygens (including phenoxy) is 1. The third-order valence-corrected chi connectivity index (χ3v) is 5.27. The Balaban J connectivity index is 2.00. The highest BCUT2D eigenvalue weighted by Gasteiger charge is 2.35. The number of alkyl halides is 3. The van der Waals surface area contributed by atoms with Crippen molar-refractivity contribution in [3.05, 3.63) is 64.7 Å². The van der Waals surface area contributed by atoms with Gasteiger partial charge in [0.15, 0.2) is 8.69 Å². The summed E-state index contributed by atoms with van der Waals surface area (Å²) in [6, 6.07) is 12.9. The largest absolute Gasteiger partial charge is 0.493 e. The van der Waals surface area contributed by atoms with Crippen LogP contribution in [-0.2, 0) is 28.1 Å². The number of nitrogens with zero attached hydrogens (tertiary/aromatic N) is 1. The minimum atomic E-state index is -4.59. The summed E-state index contributed by atoms with van der Waals surface area (Å²) in [5, 5.41) is 18.2. The highest BCUT2D eigenvalue weighted by atomic mass is 31.1. The van der Waals surface area contributed by atoms with E-state index >= 15 is 0 Å². The highest BCUT2D eigenvalue weighted by molar-refractivity contribution is 7.17. The van der Waals surface area contributed by atoms with Crippen LogP contribution in [0.15, 0.2) is 42.5 Å². The molecule has 0 spiro atoms. The van der Waals surface area contributed by atoms with E-state index in [-0.39, 0.29) is 31.8 Å². The van der Waals surface area contributed by atoms with Gasteiger partial charge in [-0.25, -0.2) is 0 Å². The number of halogens is 3. The van der Waals surface area contributed by atoms with Crippen LogP contribution in [0.3, 0.4) is 0 Å². The van der Waals surface area contributed by atoms with Crippen molar-refractivity contribution in [3.8, 4) is 11.8 Å². The SMILES string of the molecule is N#Cc1ccc(CCCOc2ccc(CCC(N)(CO)CO[PH2]=O)cc2C(F)(F)F)cc1. The first kappa shape index (κ1) is 25.9. The quantitative estimate of drug-likeness (QED) is 0.360. The predicted molar refractivity (Wildman–Crippen MR) is 115 cm³/mol. The van der Waals surface area contributed by atoms with E-state index in [1.807, 2.05) is 18.2 Å². The second-order valence-corrected chi connectivity index (χ2v) is 8.04. The van der Waals surface area contributed by atoms with E-state index in [1.165, 1.54) is 12.1 Å². The molecule has 6 nitrogen and oxygen atoms in total. The molecule has 0 saturated carbocycles. The van der Waals surface area contributed by atoms with E-state index in [9.17, 15) is 22.8 Å². The molecule has 2 atom stereocenters. The smallest absolute Gasteiger partial charge is 0.419 e. The maximum atomic E-state index is 13.6. The molecule has 0 aliphatic heterocycles. The molecule has 3 N–H and O–H groups in total. The van der Waals surface area contributed by atoms with Crippen LogP contribution >= 0.6 is 8.69 Å². The molecule has 0 aliphatic rings. The molecule has 32 heavy (non-hydrogen) atoms. The Morgan fingerprint density at radius 3 is 2.38 bits per heavy atom. The van der Waals surface area contributed by atoms with Crippen LogP contribution < -0.4 is 10.5 Å². The molecule has 0 aromatic heterocycles. The highest BCUT2D eigenvalue weighted by Crippen LogP contribution is 2.37. The molecule has 0 heterocycles. The zero-order valence-electron chi connectivity index (χ0n) is 17.4. The fourth-order valence-electron chi connectivity index (χ4n) is 3.07. The van der Waals surface area contributed by atoms with Crippen molar-refractivity contribution in [2.24, 2.45) is 5.73 Å². The monoisotopic (exact) mass is 470 g/mol. The lowest BCUT2D eigenvalue weighted by molar-refractivity contribution is -0.139. The standard InChI is InChI=1S/C22H26F3N2O4P/c23-22(24,25)19-12-17(9-10-21(27,14-28)15-31-32-29)7-8-20(19)30-11-1-2-16-3-5-18(13-26)6-4-16/h3-8,12,28H,1-2,9-11,14-15,27,32H2. The Kier molecular flexibility index (Phi) is 9.73. The Hall–Kier alpha value is -2.37. The molecule has 0 fully saturated rings. The van der Waals surface area contributed by atoms with Crippen LogP contribution in [0.4, 0.5) is 13.2 Å². The zero-order valence-corrected chi connectivity index (χ0v) is 18.6. The third kappa shape index (κ3) is 7.95. The first-order chi connectivity index (χ1) is 15.2. The fraction of sp³-hybridized carbons (Fsp3) is 0.409. The van der Waals surface area contributed by atoms with Gasteiger partial charge in [-0.2, -0.15) is 18.4 Å². The Morgan fingerprint density at radius 2 is 1.78 bits per heavy atom. The number of aliphatic hydroxyl groups excluding tert-OH is 1. The second-order valence-electron chi connectivity index (χ2n) is 7.52. The van der Waals surface area contributed by atoms with Crippen molar-refractivity contribution >= 4 is 8.69 Å². The number of nitrogens with two attached hydrogens (primary N) is 1. The molecule has 10 heteroatoms. The summed E-state index contributed by atoms with van der Waals surface area (Å²) in [6.07, 6.45) is -3.14. The van der Waals surface area contributed by atoms with Gasteiger partial charge in [0.1, 0.15) is 5.75 Å². The number of benzene rings is 2. The van der Waals surface area contributed by atoms with E-state index in [4.69, 9.17) is 20.3 Å². The summed E-state index contributed by atoms with van der Waals surface area (Å²) < 4.78 is 61.4. The van der Waals surface area contributed by atoms with Crippen LogP contribution in [0, 0.1) is 11.3 Å². The van der Waals surface area contributed by atoms with Gasteiger partial charge < -0.3 is 20.1 Å². The molecular formula is C22H26F3N2O4P. The molecular weight excluding hydrogens is 444 g/mol. The third-order valence-electron chi connectivity index (χ3n) is 4.97. The van der Waals surface area contributed by atoms with Gasteiger partial charge in [0, 0.05) is 0 Å². The molecule has 0 saturated heterocycles. The summed E-state index contributed by atoms with van der Waals surface area (Å²) >= 11 is 0. The lowest BCUT2D eigenvalue weighted by atomic mass is 9.93. The van der Waals surface area contributed by atoms with Gasteiger partial charge in [-0.3, -0.25) is 4.57 Å². The van der Waals surface area contributed by atoms with Crippen molar-refractivity contribution in [1.82, 2.24) is 0 Å². The maximum Gasteiger partial charge on any atom is 0.419 e. The first-order valence-corrected chi connectivity index (χ1v) is 10.9. The summed E-state index contributed by atoms with van der Waals surface area (Å²) in [6.45, 7) is -0.485. The number of rotatable bonds is 12. The molecule has 174 valence electrons. The first-order valence-electron chi connectivity index (χ1n) is 9.98. The van der Waals surface area contributed by atoms with Crippen LogP contribution in [0.5, 0.6) is 5.75 Å². The minimum absolute atomic E-state index is 0.105. The molecule has 2 aromatic carbocycles. The predicted octanol–water partition coefficient (Wildman–Crippen LogP) is 3.90. The van der Waals surface area contributed by atoms with Crippen molar-refractivity contribution in [2.45, 2.75) is 37.4 Å². The second kappa shape index (κ2) is 12.0. The van der Waals surface area contributed by atoms with Gasteiger partial charge in [-0.15, -0.1) is 0 Å². The van der Waals surface area contributed by atoms with E-state index in [1.54, 1.807) is 12.1 Å². The van der Waals surface area contributed by atoms with Crippen molar-refractivity contribution in [3.63, 3.8) is 0 Å². The van der Waals surface area contributed by atoms with Crippen LogP contribution in [0.2, 0.25) is 0 Å². The van der Waals surface area contributed by atoms with Gasteiger partial charge in [-0.05, 0) is 61.1 Å². The molecule has 0 amide bonds. The average molecular weight is 470 g/mol. The number of aliphatic hydroxyl groups is 1. The number of hydrogen-bond donors (Lipinski definition) is 2. The topological polar surface area (TPSA) is 106 Å². The van der Waals surface area contributed by atoms with Crippen LogP contribution in [0.1, 0.15) is 35.1 Å². The van der Waals surface area contributed by atoms with E-state index < -0.39 is 32.6 Å². The van der Waals surface area contributed by atoms with Crippen LogP contribution in [0.25, 0.3) is 0 Å². The van der Waals surface area contributed by atoms with Gasteiger partial charge in [0.05, 0.1) is 42.6 Å². The number of hydrogen-bond acceptors (Lipinski definition) is 6. The summed E-state index contributed by atoms with van der Waals surface area (Å²) in [5.74, 6) is -0.250. The molecule has 0 radical (unpaired) electrons. The van der Waals surface area contributed by atoms with Crippen molar-refractivity contribution < 1.29 is 32.1 Å². The van der Waals surface area contributed by atoms with E-state index in [0.29, 0.717) is 24.0 Å². The molecule has 0 bridgehead atoms. The van der Waals surface area contributed by atoms with Gasteiger partial charge in [-0.1, -0.05) is 18.2 Å². The van der Waals surface area contributed by atoms with E-state index in [0.717, 1.165) is 11.6 Å². The van der Waals surface area contributed by atoms with Crippen molar-refractivity contribution in [2.75, 3.05) is 19.8 Å². The minimum Gasteiger partial charge on any atom is -0.493 e. The molecule has 2 unspecified atom stereocenters. The van der Waals surface area contributed by atoms with Gasteiger partial charge >= 0.3 is 6.18 Å². The Morgan fingerprint density at radius 1 is 1.09 bits per heavy atom. The van der Waals surface area contributed by atoms with Gasteiger partial charge in [0.2, 0.25) is 0 Å². The number of nitriles is 1. The lowest BCUT2D eigenvalue weighted by Gasteiger charge is -2.26. The van der Waals surface area contributed by atoms with E-state index in [2.05, 4.69) is 0 Å². The van der Waals surface area contributed by atoms with Crippen LogP contribution in [-0.4, -0.2) is 30.5 Å². The summed E-state index contributed by atoms with van der Waals surface area (Å²) in [5.41, 5.74) is 5.81. The normalized spacial score (nSPS) is 13.8. The Labute approximate surface area is 186 Å². The molecule has 2 aromatic rings. The van der Waals surface area contributed by atoms with Crippen molar-refractivity contribution in [1.29, 1.82) is 5.26 Å². The van der Waals surface area contributed by atoms with Gasteiger partial charge in [0.25, 0.3) is 0 Å². The maximum absolute atomic E-state index is 13.6. The number of aryl methyl sites for hydroxylation is 2. The molecule has 0 aliphatic carbocycles. The summed E-state index contributed by atoms with van der Waals surface area (Å²) in [7, 11) is -1.49. The summed E-state index contributed by atoms with van der Waals surface area (Å²) in [4.78, 5) is 0. The lowest BCUT2D eigenvalue weighted by Crippen LogP contribution is -2.47. The zero-order chi connectivity index (χ0) is 23.6. The fourth-order valence-corrected chi connectivity index (χ4v) is 3.47. The molecule has 2 rings (SSSR count). The Bertz CT molecular complexity index is 932.